The maximum atomic E-state index is 12.9. The minimum absolute atomic E-state index is 0.0123. The van der Waals surface area contributed by atoms with Crippen LogP contribution in [0.25, 0.3) is 17.0 Å². The first-order chi connectivity index (χ1) is 26.1. The number of nitrogens with zero attached hydrogens (tertiary/aromatic N) is 1. The molecule has 3 N–H and O–H groups in total. The molecule has 292 valence electrons. The van der Waals surface area contributed by atoms with Gasteiger partial charge >= 0.3 is 23.9 Å². The van der Waals surface area contributed by atoms with Crippen molar-refractivity contribution in [2.45, 2.75) is 97.2 Å². The first kappa shape index (κ1) is 41.7. The van der Waals surface area contributed by atoms with Crippen molar-refractivity contribution in [1.29, 1.82) is 0 Å². The van der Waals surface area contributed by atoms with Crippen molar-refractivity contribution in [3.05, 3.63) is 77.5 Å². The van der Waals surface area contributed by atoms with E-state index >= 15 is 0 Å². The Morgan fingerprint density at radius 3 is 2.09 bits per heavy atom. The average Bonchev–Trinajstić information content (AvgIpc) is 3.59. The minimum atomic E-state index is -1.57. The Balaban J connectivity index is 1.45. The zero-order chi connectivity index (χ0) is 39.0. The summed E-state index contributed by atoms with van der Waals surface area (Å²) in [7, 11) is 0. The van der Waals surface area contributed by atoms with E-state index in [1.165, 1.54) is 6.08 Å². The molecule has 1 aliphatic heterocycles. The third-order valence-electron chi connectivity index (χ3n) is 8.53. The molecule has 0 spiro atoms. The largest absolute Gasteiger partial charge is 0.463 e. The van der Waals surface area contributed by atoms with Crippen molar-refractivity contribution in [2.75, 3.05) is 19.8 Å². The van der Waals surface area contributed by atoms with Crippen LogP contribution in [0.5, 0.6) is 0 Å². The topological polar surface area (TPSA) is 192 Å². The zero-order valence-electron chi connectivity index (χ0n) is 31.0. The number of hydrogen-bond acceptors (Lipinski definition) is 13. The number of ether oxygens (including phenoxy) is 5. The number of nitrogens with one attached hydrogen (secondary N) is 2. The number of fused-ring (bicyclic) bond motifs is 1. The van der Waals surface area contributed by atoms with Gasteiger partial charge in [-0.05, 0) is 28.8 Å². The molecular formula is C39H49N3O12. The van der Waals surface area contributed by atoms with E-state index in [0.717, 1.165) is 22.0 Å². The summed E-state index contributed by atoms with van der Waals surface area (Å²) in [6, 6.07) is 15.6. The highest BCUT2D eigenvalue weighted by atomic mass is 16.8. The van der Waals surface area contributed by atoms with Gasteiger partial charge in [-0.25, -0.2) is 10.3 Å². The number of aliphatic hydroxyl groups is 1. The first-order valence-corrected chi connectivity index (χ1v) is 18.1. The molecule has 0 radical (unpaired) electrons. The van der Waals surface area contributed by atoms with Crippen molar-refractivity contribution in [3.63, 3.8) is 0 Å². The third-order valence-corrected chi connectivity index (χ3v) is 8.53. The Morgan fingerprint density at radius 1 is 0.815 bits per heavy atom. The second-order valence-electron chi connectivity index (χ2n) is 12.5. The van der Waals surface area contributed by atoms with Gasteiger partial charge in [0.2, 0.25) is 6.29 Å². The number of aromatic nitrogens is 1. The van der Waals surface area contributed by atoms with E-state index < -0.39 is 67.1 Å². The molecule has 15 nitrogen and oxygen atoms in total. The number of amides is 1. The molecule has 1 amide bonds. The van der Waals surface area contributed by atoms with Gasteiger partial charge in [0.25, 0.3) is 5.91 Å². The number of aliphatic hydroxyl groups excluding tert-OH is 1. The van der Waals surface area contributed by atoms with E-state index in [1.807, 2.05) is 48.7 Å². The molecular weight excluding hydrogens is 702 g/mol. The van der Waals surface area contributed by atoms with Crippen LogP contribution >= 0.6 is 0 Å². The number of esters is 4. The maximum absolute atomic E-state index is 12.9. The highest BCUT2D eigenvalue weighted by Crippen LogP contribution is 2.30. The molecule has 0 aliphatic carbocycles. The molecule has 3 aromatic rings. The predicted octanol–water partition coefficient (Wildman–Crippen LogP) is 3.87. The Hall–Kier alpha value is -5.09. The summed E-state index contributed by atoms with van der Waals surface area (Å²) in [6.07, 6.45) is -2.41. The Labute approximate surface area is 313 Å². The normalized spacial score (nSPS) is 19.8. The number of carbonyl (C=O) groups excluding carboxylic acids is 5. The molecule has 54 heavy (non-hydrogen) atoms. The van der Waals surface area contributed by atoms with Gasteiger partial charge in [0.05, 0.1) is 6.61 Å². The van der Waals surface area contributed by atoms with Crippen LogP contribution < -0.4 is 5.48 Å². The minimum Gasteiger partial charge on any atom is -0.463 e. The lowest BCUT2D eigenvalue weighted by molar-refractivity contribution is -0.318. The van der Waals surface area contributed by atoms with E-state index in [0.29, 0.717) is 25.2 Å². The fraction of sp³-hybridized carbons (Fsp3) is 0.462. The summed E-state index contributed by atoms with van der Waals surface area (Å²) in [4.78, 5) is 73.4. The van der Waals surface area contributed by atoms with Crippen molar-refractivity contribution in [1.82, 2.24) is 15.4 Å². The molecule has 1 fully saturated rings. The smallest absolute Gasteiger partial charge is 0.306 e. The molecule has 5 atom stereocenters. The average molecular weight is 752 g/mol. The predicted molar refractivity (Wildman–Crippen MR) is 195 cm³/mol. The van der Waals surface area contributed by atoms with Gasteiger partial charge in [-0.2, -0.15) is 0 Å². The molecule has 2 heterocycles. The number of aromatic amines is 1. The van der Waals surface area contributed by atoms with Crippen LogP contribution in [-0.4, -0.2) is 95.2 Å². The number of carbonyl (C=O) groups is 5. The molecule has 2 aromatic carbocycles. The number of para-hydroxylation sites is 1. The third kappa shape index (κ3) is 12.0. The van der Waals surface area contributed by atoms with Crippen LogP contribution in [0.15, 0.2) is 60.8 Å². The SMILES string of the molecule is CCC(=O)OC[C@H]1O[C@@H](ONC(=O)/C=C/c2ccc(CN(CCO)Cc3c[nH]c4ccccc34)cc2)[C@H](OC(=O)CC)[C@@H](OC(=O)CC)[C@H]1OC(=O)CC. The van der Waals surface area contributed by atoms with Crippen LogP contribution in [-0.2, 0) is 65.6 Å². The molecule has 0 bridgehead atoms. The van der Waals surface area contributed by atoms with Crippen LogP contribution in [0.2, 0.25) is 0 Å². The maximum Gasteiger partial charge on any atom is 0.306 e. The number of rotatable bonds is 19. The summed E-state index contributed by atoms with van der Waals surface area (Å²) in [5.41, 5.74) is 6.16. The summed E-state index contributed by atoms with van der Waals surface area (Å²) >= 11 is 0. The zero-order valence-corrected chi connectivity index (χ0v) is 31.0. The Kier molecular flexibility index (Phi) is 16.2. The van der Waals surface area contributed by atoms with Gasteiger partial charge in [-0.3, -0.25) is 28.9 Å². The molecule has 0 saturated carbocycles. The number of H-pyrrole nitrogens is 1. The van der Waals surface area contributed by atoms with Gasteiger partial charge in [0.1, 0.15) is 12.7 Å². The van der Waals surface area contributed by atoms with Gasteiger partial charge in [-0.15, -0.1) is 0 Å². The summed E-state index contributed by atoms with van der Waals surface area (Å²) in [5, 5.41) is 10.8. The second-order valence-corrected chi connectivity index (χ2v) is 12.5. The van der Waals surface area contributed by atoms with Crippen molar-refractivity contribution < 1.29 is 57.6 Å². The number of hydroxylamine groups is 1. The number of hydrogen-bond donors (Lipinski definition) is 3. The molecule has 15 heteroatoms. The second kappa shape index (κ2) is 21.0. The lowest BCUT2D eigenvalue weighted by Crippen LogP contribution is -2.63. The van der Waals surface area contributed by atoms with Gasteiger partial charge in [-0.1, -0.05) is 70.2 Å². The van der Waals surface area contributed by atoms with Crippen molar-refractivity contribution in [2.24, 2.45) is 0 Å². The van der Waals surface area contributed by atoms with Gasteiger partial charge < -0.3 is 33.8 Å². The molecule has 4 rings (SSSR count). The first-order valence-electron chi connectivity index (χ1n) is 18.1. The fourth-order valence-corrected chi connectivity index (χ4v) is 5.66. The monoisotopic (exact) mass is 751 g/mol. The standard InChI is InChI=1S/C39H49N3O12/c1-5-32(45)49-24-30-36(51-33(46)6-2)37(52-34(47)7-3)38(53-35(48)8-4)39(50-30)54-41-31(44)18-17-25-13-15-26(16-14-25)22-42(19-20-43)23-27-21-40-29-12-10-9-11-28(27)29/h9-18,21,30,36-40,43H,5-8,19-20,22-24H2,1-4H3,(H,41,44)/b18-17+/t30-,36+,37+,38-,39+/m1/s1. The lowest BCUT2D eigenvalue weighted by Gasteiger charge is -2.43. The lowest BCUT2D eigenvalue weighted by atomic mass is 9.98. The Morgan fingerprint density at radius 2 is 1.44 bits per heavy atom. The van der Waals surface area contributed by atoms with Crippen LogP contribution in [0.3, 0.4) is 0 Å². The highest BCUT2D eigenvalue weighted by molar-refractivity contribution is 5.91. The van der Waals surface area contributed by atoms with Crippen LogP contribution in [0.1, 0.15) is 70.1 Å². The molecule has 1 aromatic heterocycles. The fourth-order valence-electron chi connectivity index (χ4n) is 5.66. The van der Waals surface area contributed by atoms with Crippen LogP contribution in [0.4, 0.5) is 0 Å². The Bertz CT molecular complexity index is 1740. The highest BCUT2D eigenvalue weighted by Gasteiger charge is 2.53. The quantitative estimate of drug-likeness (QED) is 0.0693. The van der Waals surface area contributed by atoms with E-state index in [-0.39, 0.29) is 32.3 Å². The van der Waals surface area contributed by atoms with E-state index in [9.17, 15) is 29.1 Å². The molecule has 1 saturated heterocycles. The van der Waals surface area contributed by atoms with Gasteiger partial charge in [0, 0.05) is 68.5 Å². The van der Waals surface area contributed by atoms with E-state index in [1.54, 1.807) is 33.8 Å². The summed E-state index contributed by atoms with van der Waals surface area (Å²) in [6.45, 7) is 7.56. The van der Waals surface area contributed by atoms with E-state index in [4.69, 9.17) is 28.5 Å². The van der Waals surface area contributed by atoms with E-state index in [2.05, 4.69) is 21.4 Å². The molecule has 1 aliphatic rings. The molecule has 0 unspecified atom stereocenters. The van der Waals surface area contributed by atoms with Crippen molar-refractivity contribution >= 4 is 46.8 Å². The van der Waals surface area contributed by atoms with Crippen molar-refractivity contribution in [3.8, 4) is 0 Å². The summed E-state index contributed by atoms with van der Waals surface area (Å²) < 4.78 is 28.0. The number of benzene rings is 2. The van der Waals surface area contributed by atoms with Crippen LogP contribution in [0, 0.1) is 0 Å². The summed E-state index contributed by atoms with van der Waals surface area (Å²) in [5.74, 6) is -3.36. The van der Waals surface area contributed by atoms with Gasteiger partial charge in [0.15, 0.2) is 18.3 Å².